The minimum atomic E-state index is -0.796. The molecule has 0 saturated carbocycles. The molecule has 64 heavy (non-hydrogen) atoms. The maximum absolute atomic E-state index is 12.8. The van der Waals surface area contributed by atoms with E-state index >= 15 is 0 Å². The van der Waals surface area contributed by atoms with Crippen LogP contribution in [0.3, 0.4) is 0 Å². The van der Waals surface area contributed by atoms with Gasteiger partial charge in [-0.25, -0.2) is 0 Å². The highest BCUT2D eigenvalue weighted by Gasteiger charge is 2.19. The molecule has 0 spiro atoms. The van der Waals surface area contributed by atoms with Crippen LogP contribution in [0.25, 0.3) is 0 Å². The quantitative estimate of drug-likeness (QED) is 0.0199. The van der Waals surface area contributed by atoms with Gasteiger partial charge in [-0.3, -0.25) is 14.4 Å². The molecular formula is C58H102O6. The van der Waals surface area contributed by atoms with Crippen molar-refractivity contribution in [2.75, 3.05) is 13.2 Å². The van der Waals surface area contributed by atoms with Crippen molar-refractivity contribution in [3.8, 4) is 0 Å². The van der Waals surface area contributed by atoms with Crippen molar-refractivity contribution in [1.82, 2.24) is 0 Å². The number of unbranched alkanes of at least 4 members (excludes halogenated alkanes) is 29. The van der Waals surface area contributed by atoms with Gasteiger partial charge in [-0.15, -0.1) is 0 Å². The second-order valence-corrected chi connectivity index (χ2v) is 18.1. The van der Waals surface area contributed by atoms with E-state index in [1.165, 1.54) is 122 Å². The number of carbonyl (C=O) groups is 3. The summed E-state index contributed by atoms with van der Waals surface area (Å²) in [5, 5.41) is 0. The normalized spacial score (nSPS) is 12.5. The lowest BCUT2D eigenvalue weighted by Crippen LogP contribution is -2.30. The second-order valence-electron chi connectivity index (χ2n) is 18.1. The number of rotatable bonds is 49. The molecule has 0 amide bonds. The van der Waals surface area contributed by atoms with E-state index in [4.69, 9.17) is 14.2 Å². The van der Waals surface area contributed by atoms with Crippen molar-refractivity contribution in [3.63, 3.8) is 0 Å². The van der Waals surface area contributed by atoms with E-state index in [2.05, 4.69) is 81.5 Å². The van der Waals surface area contributed by atoms with Crippen LogP contribution in [-0.2, 0) is 28.6 Å². The summed E-state index contributed by atoms with van der Waals surface area (Å²) in [6.45, 7) is 6.50. The maximum Gasteiger partial charge on any atom is 0.306 e. The Labute approximate surface area is 396 Å². The van der Waals surface area contributed by atoms with Crippen LogP contribution in [-0.4, -0.2) is 37.2 Å². The van der Waals surface area contributed by atoms with Crippen LogP contribution in [0.2, 0.25) is 0 Å². The van der Waals surface area contributed by atoms with Crippen molar-refractivity contribution in [3.05, 3.63) is 60.8 Å². The fourth-order valence-electron chi connectivity index (χ4n) is 7.64. The Morgan fingerprint density at radius 2 is 0.656 bits per heavy atom. The molecule has 0 rings (SSSR count). The van der Waals surface area contributed by atoms with E-state index in [-0.39, 0.29) is 31.1 Å². The molecule has 0 aromatic carbocycles. The highest BCUT2D eigenvalue weighted by Crippen LogP contribution is 2.14. The highest BCUT2D eigenvalue weighted by atomic mass is 16.6. The third-order valence-corrected chi connectivity index (χ3v) is 11.8. The summed E-state index contributed by atoms with van der Waals surface area (Å²) in [5.74, 6) is -0.937. The molecule has 0 radical (unpaired) electrons. The van der Waals surface area contributed by atoms with Crippen molar-refractivity contribution >= 4 is 17.9 Å². The molecule has 0 bridgehead atoms. The number of hydrogen-bond donors (Lipinski definition) is 0. The molecule has 6 heteroatoms. The van der Waals surface area contributed by atoms with Gasteiger partial charge >= 0.3 is 17.9 Å². The molecule has 0 heterocycles. The number of esters is 3. The zero-order chi connectivity index (χ0) is 46.5. The summed E-state index contributed by atoms with van der Waals surface area (Å²) in [4.78, 5) is 38.0. The number of ether oxygens (including phenoxy) is 3. The molecule has 370 valence electrons. The zero-order valence-corrected chi connectivity index (χ0v) is 42.3. The molecular weight excluding hydrogens is 793 g/mol. The topological polar surface area (TPSA) is 78.9 Å². The highest BCUT2D eigenvalue weighted by molar-refractivity contribution is 5.71. The first-order chi connectivity index (χ1) is 31.5. The summed E-state index contributed by atoms with van der Waals surface area (Å²) in [6, 6.07) is 0. The fourth-order valence-corrected chi connectivity index (χ4v) is 7.64. The molecule has 0 N–H and O–H groups in total. The van der Waals surface area contributed by atoms with E-state index in [0.29, 0.717) is 19.3 Å². The SMILES string of the molecule is CC/C=C\C/C=C\CCCCCCCC(=O)OCC(COC(=O)CCCCCCC/C=C\CCCCCCCCCCC)OC(=O)CCCCC/C=C\C=C/CCCCCCCCC. The molecule has 0 fully saturated rings. The Morgan fingerprint density at radius 1 is 0.344 bits per heavy atom. The van der Waals surface area contributed by atoms with Gasteiger partial charge in [-0.2, -0.15) is 0 Å². The van der Waals surface area contributed by atoms with E-state index in [1.807, 2.05) is 0 Å². The molecule has 1 unspecified atom stereocenters. The maximum atomic E-state index is 12.8. The van der Waals surface area contributed by atoms with Crippen LogP contribution >= 0.6 is 0 Å². The van der Waals surface area contributed by atoms with Crippen LogP contribution < -0.4 is 0 Å². The molecule has 0 aromatic rings. The molecule has 0 saturated heterocycles. The molecule has 0 aliphatic heterocycles. The van der Waals surface area contributed by atoms with E-state index in [9.17, 15) is 14.4 Å². The smallest absolute Gasteiger partial charge is 0.306 e. The lowest BCUT2D eigenvalue weighted by Gasteiger charge is -2.18. The third kappa shape index (κ3) is 50.1. The predicted octanol–water partition coefficient (Wildman–Crippen LogP) is 18.0. The summed E-state index contributed by atoms with van der Waals surface area (Å²) in [6.07, 6.45) is 65.0. The summed E-state index contributed by atoms with van der Waals surface area (Å²) < 4.78 is 16.8. The average molecular weight is 895 g/mol. The van der Waals surface area contributed by atoms with Gasteiger partial charge in [0.15, 0.2) is 6.10 Å². The Kier molecular flexibility index (Phi) is 50.4. The minimum Gasteiger partial charge on any atom is -0.462 e. The van der Waals surface area contributed by atoms with Crippen LogP contribution in [0.5, 0.6) is 0 Å². The largest absolute Gasteiger partial charge is 0.462 e. The van der Waals surface area contributed by atoms with Gasteiger partial charge in [-0.05, 0) is 96.3 Å². The molecule has 0 aliphatic carbocycles. The second kappa shape index (κ2) is 52.7. The Hall–Kier alpha value is -2.89. The summed E-state index contributed by atoms with van der Waals surface area (Å²) >= 11 is 0. The van der Waals surface area contributed by atoms with Crippen LogP contribution in [0.4, 0.5) is 0 Å². The molecule has 0 aromatic heterocycles. The first kappa shape index (κ1) is 61.1. The minimum absolute atomic E-state index is 0.0934. The zero-order valence-electron chi connectivity index (χ0n) is 42.3. The van der Waals surface area contributed by atoms with Crippen molar-refractivity contribution in [2.24, 2.45) is 0 Å². The van der Waals surface area contributed by atoms with Crippen molar-refractivity contribution < 1.29 is 28.6 Å². The van der Waals surface area contributed by atoms with E-state index in [1.54, 1.807) is 0 Å². The summed E-state index contributed by atoms with van der Waals surface area (Å²) in [5.41, 5.74) is 0. The Morgan fingerprint density at radius 3 is 1.06 bits per heavy atom. The number of carbonyl (C=O) groups excluding carboxylic acids is 3. The molecule has 1 atom stereocenters. The average Bonchev–Trinajstić information content (AvgIpc) is 3.29. The lowest BCUT2D eigenvalue weighted by molar-refractivity contribution is -0.167. The standard InChI is InChI=1S/C58H102O6/c1-4-7-10-13-16-19-22-25-27-29-30-32-33-36-39-42-45-48-51-57(60)63-54-55(53-62-56(59)50-47-44-41-38-35-24-21-18-15-12-9-6-3)64-58(61)52-49-46-43-40-37-34-31-28-26-23-20-17-14-11-8-5-2/h9,12,18,21,28,30-32,34,37,55H,4-8,10-11,13-17,19-20,22-27,29,33,35-36,38-54H2,1-3H3/b12-9-,21-18-,31-28-,32-30-,37-34-. The molecule has 6 nitrogen and oxygen atoms in total. The van der Waals surface area contributed by atoms with Gasteiger partial charge in [0.05, 0.1) is 0 Å². The number of allylic oxidation sites excluding steroid dienone is 10. The van der Waals surface area contributed by atoms with E-state index in [0.717, 1.165) is 109 Å². The van der Waals surface area contributed by atoms with Gasteiger partial charge in [-0.1, -0.05) is 216 Å². The predicted molar refractivity (Wildman–Crippen MR) is 275 cm³/mol. The van der Waals surface area contributed by atoms with Gasteiger partial charge in [0, 0.05) is 19.3 Å². The molecule has 0 aliphatic rings. The van der Waals surface area contributed by atoms with Crippen LogP contribution in [0.1, 0.15) is 271 Å². The van der Waals surface area contributed by atoms with Crippen LogP contribution in [0, 0.1) is 0 Å². The Balaban J connectivity index is 4.41. The van der Waals surface area contributed by atoms with Crippen LogP contribution in [0.15, 0.2) is 60.8 Å². The number of hydrogen-bond acceptors (Lipinski definition) is 6. The van der Waals surface area contributed by atoms with Gasteiger partial charge in [0.25, 0.3) is 0 Å². The van der Waals surface area contributed by atoms with Crippen molar-refractivity contribution in [1.29, 1.82) is 0 Å². The van der Waals surface area contributed by atoms with Gasteiger partial charge in [0.2, 0.25) is 0 Å². The van der Waals surface area contributed by atoms with Crippen molar-refractivity contribution in [2.45, 2.75) is 277 Å². The van der Waals surface area contributed by atoms with E-state index < -0.39 is 6.10 Å². The van der Waals surface area contributed by atoms with Gasteiger partial charge < -0.3 is 14.2 Å². The lowest BCUT2D eigenvalue weighted by atomic mass is 10.1. The Bertz CT molecular complexity index is 1170. The summed E-state index contributed by atoms with van der Waals surface area (Å²) in [7, 11) is 0. The van der Waals surface area contributed by atoms with Gasteiger partial charge in [0.1, 0.15) is 13.2 Å². The first-order valence-corrected chi connectivity index (χ1v) is 27.3. The monoisotopic (exact) mass is 895 g/mol. The first-order valence-electron chi connectivity index (χ1n) is 27.3. The third-order valence-electron chi connectivity index (χ3n) is 11.8. The fraction of sp³-hybridized carbons (Fsp3) is 0.776.